The number of benzene rings is 2. The first-order chi connectivity index (χ1) is 15.1. The summed E-state index contributed by atoms with van der Waals surface area (Å²) in [5, 5.41) is 14.6. The van der Waals surface area contributed by atoms with Crippen molar-refractivity contribution in [2.75, 3.05) is 5.32 Å². The molecule has 0 aliphatic carbocycles. The molecule has 0 saturated carbocycles. The van der Waals surface area contributed by atoms with Gasteiger partial charge in [0.25, 0.3) is 5.89 Å². The fraction of sp³-hybridized carbons (Fsp3) is 0.182. The summed E-state index contributed by atoms with van der Waals surface area (Å²) in [5.41, 5.74) is 2.26. The molecule has 0 spiro atoms. The quantitative estimate of drug-likeness (QED) is 0.481. The highest BCUT2D eigenvalue weighted by atomic mass is 19.4. The van der Waals surface area contributed by atoms with E-state index in [1.807, 2.05) is 32.0 Å². The van der Waals surface area contributed by atoms with Gasteiger partial charge in [-0.3, -0.25) is 4.79 Å². The van der Waals surface area contributed by atoms with Crippen LogP contribution in [0.1, 0.15) is 22.4 Å². The van der Waals surface area contributed by atoms with E-state index in [2.05, 4.69) is 20.6 Å². The zero-order valence-corrected chi connectivity index (χ0v) is 17.4. The van der Waals surface area contributed by atoms with Crippen LogP contribution in [0.5, 0.6) is 0 Å². The molecule has 0 amide bonds. The largest absolute Gasteiger partial charge is 0.416 e. The number of halogens is 3. The van der Waals surface area contributed by atoms with E-state index in [4.69, 9.17) is 4.42 Å². The summed E-state index contributed by atoms with van der Waals surface area (Å²) in [4.78, 5) is 12.5. The molecule has 2 aromatic carbocycles. The average molecular weight is 441 g/mol. The fourth-order valence-electron chi connectivity index (χ4n) is 3.25. The molecule has 0 atom stereocenters. The Hall–Kier alpha value is -3.95. The van der Waals surface area contributed by atoms with Gasteiger partial charge < -0.3 is 9.73 Å². The molecule has 0 fully saturated rings. The number of aromatic nitrogens is 4. The zero-order valence-electron chi connectivity index (χ0n) is 17.4. The number of nitrogens with zero attached hydrogens (tertiary/aromatic N) is 4. The van der Waals surface area contributed by atoms with Crippen LogP contribution >= 0.6 is 0 Å². The highest BCUT2D eigenvalue weighted by molar-refractivity contribution is 5.55. The highest BCUT2D eigenvalue weighted by Crippen LogP contribution is 2.31. The summed E-state index contributed by atoms with van der Waals surface area (Å²) in [6.45, 7) is 5.67. The average Bonchev–Trinajstić information content (AvgIpc) is 3.16. The van der Waals surface area contributed by atoms with Gasteiger partial charge in [0.1, 0.15) is 0 Å². The van der Waals surface area contributed by atoms with Gasteiger partial charge in [-0.25, -0.2) is 4.68 Å². The van der Waals surface area contributed by atoms with Crippen molar-refractivity contribution in [2.24, 2.45) is 0 Å². The molecule has 0 unspecified atom stereocenters. The minimum Gasteiger partial charge on any atom is -0.401 e. The van der Waals surface area contributed by atoms with E-state index in [9.17, 15) is 18.0 Å². The van der Waals surface area contributed by atoms with Gasteiger partial charge in [-0.05, 0) is 50.6 Å². The first-order valence-electron chi connectivity index (χ1n) is 9.58. The molecule has 0 bridgehead atoms. The molecular formula is C22H18F3N5O2. The number of hydrogen-bond acceptors (Lipinski definition) is 6. The van der Waals surface area contributed by atoms with Crippen molar-refractivity contribution in [1.29, 1.82) is 0 Å². The predicted octanol–water partition coefficient (Wildman–Crippen LogP) is 4.97. The maximum absolute atomic E-state index is 12.9. The Kier molecular flexibility index (Phi) is 5.29. The van der Waals surface area contributed by atoms with Crippen LogP contribution in [0.2, 0.25) is 0 Å². The van der Waals surface area contributed by atoms with Crippen LogP contribution in [0, 0.1) is 20.8 Å². The van der Waals surface area contributed by atoms with Crippen molar-refractivity contribution >= 4 is 11.7 Å². The maximum atomic E-state index is 12.9. The van der Waals surface area contributed by atoms with Crippen molar-refractivity contribution in [3.8, 4) is 17.3 Å². The Morgan fingerprint density at radius 3 is 2.50 bits per heavy atom. The highest BCUT2D eigenvalue weighted by Gasteiger charge is 2.30. The van der Waals surface area contributed by atoms with Gasteiger partial charge in [0.05, 0.1) is 11.3 Å². The van der Waals surface area contributed by atoms with Gasteiger partial charge in [0.2, 0.25) is 5.43 Å². The zero-order chi connectivity index (χ0) is 23.0. The second kappa shape index (κ2) is 7.95. The molecule has 2 heterocycles. The first kappa shape index (κ1) is 21.3. The molecule has 7 nitrogen and oxygen atoms in total. The van der Waals surface area contributed by atoms with Crippen LogP contribution in [0.3, 0.4) is 0 Å². The number of anilines is 2. The monoisotopic (exact) mass is 441 g/mol. The smallest absolute Gasteiger partial charge is 0.401 e. The lowest BCUT2D eigenvalue weighted by Crippen LogP contribution is -2.16. The third kappa shape index (κ3) is 4.25. The molecule has 0 saturated heterocycles. The fourth-order valence-corrected chi connectivity index (χ4v) is 3.25. The van der Waals surface area contributed by atoms with Crippen LogP contribution in [-0.4, -0.2) is 20.0 Å². The number of aryl methyl sites for hydroxylation is 3. The van der Waals surface area contributed by atoms with E-state index >= 15 is 0 Å². The number of nitrogens with one attached hydrogen (secondary N) is 1. The minimum absolute atomic E-state index is 0.0693. The summed E-state index contributed by atoms with van der Waals surface area (Å²) in [6.07, 6.45) is -4.48. The van der Waals surface area contributed by atoms with E-state index in [1.165, 1.54) is 18.2 Å². The Morgan fingerprint density at radius 1 is 1.00 bits per heavy atom. The van der Waals surface area contributed by atoms with Gasteiger partial charge >= 0.3 is 12.2 Å². The standard InChI is InChI=1S/C22H18F3N5O2/c1-12-7-8-17(13(2)9-12)30-14(3)10-18(31)19(29-30)20-27-28-21(32-20)26-16-6-4-5-15(11-16)22(23,24)25/h4-11H,1-3H3,(H,26,28). The molecule has 32 heavy (non-hydrogen) atoms. The van der Waals surface area contributed by atoms with Gasteiger partial charge in [-0.15, -0.1) is 5.10 Å². The van der Waals surface area contributed by atoms with E-state index in [0.29, 0.717) is 5.69 Å². The molecule has 0 radical (unpaired) electrons. The van der Waals surface area contributed by atoms with E-state index in [0.717, 1.165) is 28.9 Å². The molecule has 2 aromatic heterocycles. The van der Waals surface area contributed by atoms with Crippen LogP contribution in [0.15, 0.2) is 57.7 Å². The van der Waals surface area contributed by atoms with E-state index < -0.39 is 17.2 Å². The third-order valence-electron chi connectivity index (χ3n) is 4.76. The Labute approximate surface area is 180 Å². The Morgan fingerprint density at radius 2 is 1.78 bits per heavy atom. The van der Waals surface area contributed by atoms with Crippen molar-refractivity contribution in [3.05, 3.63) is 81.1 Å². The molecule has 4 aromatic rings. The lowest BCUT2D eigenvalue weighted by atomic mass is 10.1. The van der Waals surface area contributed by atoms with Crippen molar-refractivity contribution < 1.29 is 17.6 Å². The molecule has 1 N–H and O–H groups in total. The van der Waals surface area contributed by atoms with Crippen LogP contribution < -0.4 is 10.7 Å². The lowest BCUT2D eigenvalue weighted by molar-refractivity contribution is -0.137. The maximum Gasteiger partial charge on any atom is 0.416 e. The topological polar surface area (TPSA) is 85.8 Å². The van der Waals surface area contributed by atoms with Gasteiger partial charge in [-0.2, -0.15) is 18.3 Å². The number of hydrogen-bond donors (Lipinski definition) is 1. The normalized spacial score (nSPS) is 11.6. The SMILES string of the molecule is Cc1ccc(-n2nc(-c3nnc(Nc4cccc(C(F)(F)F)c4)o3)c(=O)cc2C)c(C)c1. The summed E-state index contributed by atoms with van der Waals surface area (Å²) in [5.74, 6) is -0.150. The number of rotatable bonds is 4. The summed E-state index contributed by atoms with van der Waals surface area (Å²) < 4.78 is 45.8. The summed E-state index contributed by atoms with van der Waals surface area (Å²) in [7, 11) is 0. The lowest BCUT2D eigenvalue weighted by Gasteiger charge is -2.13. The van der Waals surface area contributed by atoms with Crippen molar-refractivity contribution in [3.63, 3.8) is 0 Å². The van der Waals surface area contributed by atoms with E-state index in [1.54, 1.807) is 11.6 Å². The Bertz CT molecular complexity index is 1360. The molecule has 164 valence electrons. The predicted molar refractivity (Wildman–Crippen MR) is 112 cm³/mol. The van der Waals surface area contributed by atoms with Crippen molar-refractivity contribution in [1.82, 2.24) is 20.0 Å². The second-order valence-electron chi connectivity index (χ2n) is 7.32. The van der Waals surface area contributed by atoms with Crippen molar-refractivity contribution in [2.45, 2.75) is 26.9 Å². The molecule has 10 heteroatoms. The van der Waals surface area contributed by atoms with Gasteiger partial charge in [0.15, 0.2) is 5.69 Å². The minimum atomic E-state index is -4.48. The summed E-state index contributed by atoms with van der Waals surface area (Å²) in [6, 6.07) is 11.6. The van der Waals surface area contributed by atoms with Gasteiger partial charge in [0, 0.05) is 17.4 Å². The van der Waals surface area contributed by atoms with E-state index in [-0.39, 0.29) is 23.3 Å². The second-order valence-corrected chi connectivity index (χ2v) is 7.32. The third-order valence-corrected chi connectivity index (χ3v) is 4.76. The summed E-state index contributed by atoms with van der Waals surface area (Å²) >= 11 is 0. The van der Waals surface area contributed by atoms with Crippen LogP contribution in [-0.2, 0) is 6.18 Å². The van der Waals surface area contributed by atoms with Crippen LogP contribution in [0.25, 0.3) is 17.3 Å². The first-order valence-corrected chi connectivity index (χ1v) is 9.58. The molecule has 4 rings (SSSR count). The van der Waals surface area contributed by atoms with Crippen LogP contribution in [0.4, 0.5) is 24.9 Å². The Balaban J connectivity index is 1.68. The van der Waals surface area contributed by atoms with Gasteiger partial charge in [-0.1, -0.05) is 28.9 Å². The molecular weight excluding hydrogens is 423 g/mol. The number of alkyl halides is 3. The molecule has 0 aliphatic rings. The molecule has 0 aliphatic heterocycles.